The van der Waals surface area contributed by atoms with Crippen molar-refractivity contribution in [1.29, 1.82) is 0 Å². The normalized spacial score (nSPS) is 15.8. The second-order valence-electron chi connectivity index (χ2n) is 7.04. The van der Waals surface area contributed by atoms with Crippen LogP contribution in [0.2, 0.25) is 0 Å². The maximum absolute atomic E-state index is 4.64. The van der Waals surface area contributed by atoms with Gasteiger partial charge in [0.2, 0.25) is 0 Å². The molecule has 0 bridgehead atoms. The molecule has 0 spiro atoms. The molecule has 0 saturated carbocycles. The van der Waals surface area contributed by atoms with Gasteiger partial charge >= 0.3 is 0 Å². The number of rotatable bonds is 0. The van der Waals surface area contributed by atoms with E-state index in [0.29, 0.717) is 0 Å². The fourth-order valence-corrected chi connectivity index (χ4v) is 2.32. The third kappa shape index (κ3) is 2.29. The molecule has 1 heteroatoms. The third-order valence-electron chi connectivity index (χ3n) is 3.43. The topological polar surface area (TPSA) is 12.9 Å². The van der Waals surface area contributed by atoms with E-state index in [4.69, 9.17) is 0 Å². The molecule has 0 aliphatic heterocycles. The molecule has 0 atom stereocenters. The van der Waals surface area contributed by atoms with E-state index >= 15 is 0 Å². The van der Waals surface area contributed by atoms with Gasteiger partial charge in [-0.15, -0.1) is 0 Å². The van der Waals surface area contributed by atoms with E-state index in [9.17, 15) is 0 Å². The van der Waals surface area contributed by atoms with E-state index in [1.165, 1.54) is 22.4 Å². The zero-order valence-corrected chi connectivity index (χ0v) is 11.9. The standard InChI is InChI=1S/C16H23N/c1-15(2,3)11-9-12-13(16(4,5)6)7-8-14(12)17-10-11/h7,9-10H,8H2,1-6H3. The predicted octanol–water partition coefficient (Wildman–Crippen LogP) is 4.36. The van der Waals surface area contributed by atoms with E-state index in [1.807, 2.05) is 6.20 Å². The van der Waals surface area contributed by atoms with Crippen LogP contribution in [0.4, 0.5) is 0 Å². The summed E-state index contributed by atoms with van der Waals surface area (Å²) in [5.74, 6) is 0. The van der Waals surface area contributed by atoms with Crippen molar-refractivity contribution in [2.24, 2.45) is 5.41 Å². The van der Waals surface area contributed by atoms with Gasteiger partial charge in [-0.25, -0.2) is 0 Å². The van der Waals surface area contributed by atoms with E-state index in [-0.39, 0.29) is 10.8 Å². The first-order valence-electron chi connectivity index (χ1n) is 6.40. The van der Waals surface area contributed by atoms with Crippen LogP contribution in [0.3, 0.4) is 0 Å². The molecule has 0 amide bonds. The lowest BCUT2D eigenvalue weighted by atomic mass is 9.81. The van der Waals surface area contributed by atoms with Crippen LogP contribution in [0.25, 0.3) is 5.57 Å². The second kappa shape index (κ2) is 3.69. The molecule has 92 valence electrons. The molecular weight excluding hydrogens is 206 g/mol. The first kappa shape index (κ1) is 12.3. The van der Waals surface area contributed by atoms with Crippen molar-refractivity contribution in [1.82, 2.24) is 4.98 Å². The summed E-state index contributed by atoms with van der Waals surface area (Å²) < 4.78 is 0. The Morgan fingerprint density at radius 1 is 1.00 bits per heavy atom. The Bertz CT molecular complexity index is 467. The molecule has 0 fully saturated rings. The highest BCUT2D eigenvalue weighted by atomic mass is 14.7. The molecule has 1 aliphatic carbocycles. The third-order valence-corrected chi connectivity index (χ3v) is 3.43. The predicted molar refractivity (Wildman–Crippen MR) is 74.1 cm³/mol. The van der Waals surface area contributed by atoms with E-state index in [1.54, 1.807) is 0 Å². The molecule has 1 aliphatic rings. The fraction of sp³-hybridized carbons (Fsp3) is 0.562. The summed E-state index contributed by atoms with van der Waals surface area (Å²) in [4.78, 5) is 4.64. The second-order valence-corrected chi connectivity index (χ2v) is 7.04. The van der Waals surface area contributed by atoms with Crippen molar-refractivity contribution >= 4 is 5.57 Å². The van der Waals surface area contributed by atoms with E-state index in [0.717, 1.165) is 6.42 Å². The number of hydrogen-bond acceptors (Lipinski definition) is 1. The summed E-state index contributed by atoms with van der Waals surface area (Å²) in [5, 5.41) is 0. The SMILES string of the molecule is CC(C)(C)C1=CCc2ncc(C(C)(C)C)cc21. The van der Waals surface area contributed by atoms with Crippen molar-refractivity contribution < 1.29 is 0 Å². The van der Waals surface area contributed by atoms with E-state index in [2.05, 4.69) is 58.7 Å². The number of pyridine rings is 1. The van der Waals surface area contributed by atoms with Crippen molar-refractivity contribution in [2.75, 3.05) is 0 Å². The average molecular weight is 229 g/mol. The minimum Gasteiger partial charge on any atom is -0.260 e. The molecule has 17 heavy (non-hydrogen) atoms. The van der Waals surface area contributed by atoms with Gasteiger partial charge in [-0.05, 0) is 28.0 Å². The van der Waals surface area contributed by atoms with Crippen LogP contribution in [-0.4, -0.2) is 4.98 Å². The van der Waals surface area contributed by atoms with Crippen molar-refractivity contribution in [3.63, 3.8) is 0 Å². The van der Waals surface area contributed by atoms with Crippen molar-refractivity contribution in [3.8, 4) is 0 Å². The molecule has 1 nitrogen and oxygen atoms in total. The molecular formula is C16H23N. The molecule has 1 aromatic heterocycles. The van der Waals surface area contributed by atoms with Gasteiger partial charge in [0.1, 0.15) is 0 Å². The number of allylic oxidation sites excluding steroid dienone is 2. The maximum Gasteiger partial charge on any atom is 0.0516 e. The van der Waals surface area contributed by atoms with Gasteiger partial charge in [-0.3, -0.25) is 4.98 Å². The zero-order valence-electron chi connectivity index (χ0n) is 11.9. The van der Waals surface area contributed by atoms with Gasteiger partial charge < -0.3 is 0 Å². The zero-order chi connectivity index (χ0) is 12.8. The van der Waals surface area contributed by atoms with Gasteiger partial charge in [0.15, 0.2) is 0 Å². The van der Waals surface area contributed by atoms with Gasteiger partial charge in [-0.1, -0.05) is 47.6 Å². The Hall–Kier alpha value is -1.11. The van der Waals surface area contributed by atoms with Crippen LogP contribution >= 0.6 is 0 Å². The Labute approximate surface area is 105 Å². The van der Waals surface area contributed by atoms with Crippen LogP contribution in [0.15, 0.2) is 18.3 Å². The largest absolute Gasteiger partial charge is 0.260 e. The lowest BCUT2D eigenvalue weighted by Gasteiger charge is -2.24. The van der Waals surface area contributed by atoms with Crippen LogP contribution in [0.1, 0.15) is 58.4 Å². The number of nitrogens with zero attached hydrogens (tertiary/aromatic N) is 1. The highest BCUT2D eigenvalue weighted by molar-refractivity contribution is 5.75. The van der Waals surface area contributed by atoms with Crippen LogP contribution in [0.5, 0.6) is 0 Å². The Morgan fingerprint density at radius 2 is 1.65 bits per heavy atom. The van der Waals surface area contributed by atoms with E-state index < -0.39 is 0 Å². The number of hydrogen-bond donors (Lipinski definition) is 0. The van der Waals surface area contributed by atoms with Gasteiger partial charge in [0.25, 0.3) is 0 Å². The lowest BCUT2D eigenvalue weighted by molar-refractivity contribution is 0.565. The molecule has 1 aromatic rings. The van der Waals surface area contributed by atoms with Crippen molar-refractivity contribution in [2.45, 2.75) is 53.4 Å². The smallest absolute Gasteiger partial charge is 0.0516 e. The maximum atomic E-state index is 4.64. The molecule has 0 radical (unpaired) electrons. The van der Waals surface area contributed by atoms with Gasteiger partial charge in [0.05, 0.1) is 5.69 Å². The Balaban J connectivity index is 2.50. The minimum absolute atomic E-state index is 0.174. The highest BCUT2D eigenvalue weighted by Crippen LogP contribution is 2.40. The Kier molecular flexibility index (Phi) is 2.68. The quantitative estimate of drug-likeness (QED) is 0.644. The molecule has 0 saturated heterocycles. The summed E-state index contributed by atoms with van der Waals surface area (Å²) >= 11 is 0. The Morgan fingerprint density at radius 3 is 2.18 bits per heavy atom. The summed E-state index contributed by atoms with van der Waals surface area (Å²) in [5.41, 5.74) is 5.77. The summed E-state index contributed by atoms with van der Waals surface area (Å²) in [6.07, 6.45) is 5.37. The average Bonchev–Trinajstić information content (AvgIpc) is 2.57. The molecule has 1 heterocycles. The van der Waals surface area contributed by atoms with Crippen LogP contribution < -0.4 is 0 Å². The van der Waals surface area contributed by atoms with Gasteiger partial charge in [0, 0.05) is 18.2 Å². The number of fused-ring (bicyclic) bond motifs is 1. The molecule has 0 N–H and O–H groups in total. The highest BCUT2D eigenvalue weighted by Gasteiger charge is 2.27. The fourth-order valence-electron chi connectivity index (χ4n) is 2.32. The van der Waals surface area contributed by atoms with Crippen LogP contribution in [0, 0.1) is 5.41 Å². The lowest BCUT2D eigenvalue weighted by Crippen LogP contribution is -2.14. The first-order chi connectivity index (χ1) is 7.69. The van der Waals surface area contributed by atoms with Crippen LogP contribution in [-0.2, 0) is 11.8 Å². The molecule has 2 rings (SSSR count). The molecule has 0 aromatic carbocycles. The first-order valence-corrected chi connectivity index (χ1v) is 6.40. The molecule has 0 unspecified atom stereocenters. The van der Waals surface area contributed by atoms with Gasteiger partial charge in [-0.2, -0.15) is 0 Å². The summed E-state index contributed by atoms with van der Waals surface area (Å²) in [6, 6.07) is 2.34. The number of aromatic nitrogens is 1. The monoisotopic (exact) mass is 229 g/mol. The summed E-state index contributed by atoms with van der Waals surface area (Å²) in [7, 11) is 0. The van der Waals surface area contributed by atoms with Crippen molar-refractivity contribution in [3.05, 3.63) is 35.2 Å². The summed E-state index contributed by atoms with van der Waals surface area (Å²) in [6.45, 7) is 13.6. The minimum atomic E-state index is 0.174.